The van der Waals surface area contributed by atoms with Crippen molar-refractivity contribution < 1.29 is 14.7 Å². The predicted molar refractivity (Wildman–Crippen MR) is 63.7 cm³/mol. The Kier molecular flexibility index (Phi) is 3.68. The monoisotopic (exact) mass is 289 g/mol. The standard InChI is InChI=1S/C10H9Cl2N3O3/c11-6-3-5(8(12)15-14-6)9(16)13-7(10(17)18)4-1-2-4/h3-4,7H,1-2H2,(H,13,16)(H,17,18). The van der Waals surface area contributed by atoms with E-state index in [0.717, 1.165) is 12.8 Å². The molecule has 1 aromatic heterocycles. The number of carbonyl (C=O) groups is 2. The quantitative estimate of drug-likeness (QED) is 0.873. The molecule has 0 aliphatic heterocycles. The molecule has 1 unspecified atom stereocenters. The Morgan fingerprint density at radius 2 is 2.06 bits per heavy atom. The Morgan fingerprint density at radius 3 is 2.61 bits per heavy atom. The fourth-order valence-electron chi connectivity index (χ4n) is 1.54. The molecule has 1 saturated carbocycles. The second-order valence-electron chi connectivity index (χ2n) is 4.00. The van der Waals surface area contributed by atoms with Crippen LogP contribution in [0.2, 0.25) is 10.3 Å². The maximum Gasteiger partial charge on any atom is 0.326 e. The van der Waals surface area contributed by atoms with Gasteiger partial charge < -0.3 is 10.4 Å². The number of aliphatic carboxylic acids is 1. The Hall–Kier alpha value is -1.40. The maximum absolute atomic E-state index is 11.9. The minimum atomic E-state index is -1.06. The summed E-state index contributed by atoms with van der Waals surface area (Å²) < 4.78 is 0. The van der Waals surface area contributed by atoms with Gasteiger partial charge in [-0.1, -0.05) is 23.2 Å². The highest BCUT2D eigenvalue weighted by molar-refractivity contribution is 6.34. The van der Waals surface area contributed by atoms with E-state index in [1.165, 1.54) is 6.07 Å². The highest BCUT2D eigenvalue weighted by atomic mass is 35.5. The number of halogens is 2. The number of hydrogen-bond acceptors (Lipinski definition) is 4. The van der Waals surface area contributed by atoms with Crippen molar-refractivity contribution in [3.05, 3.63) is 21.9 Å². The van der Waals surface area contributed by atoms with Gasteiger partial charge in [0.25, 0.3) is 5.91 Å². The molecule has 0 radical (unpaired) electrons. The Labute approximate surface area is 112 Å². The second-order valence-corrected chi connectivity index (χ2v) is 4.74. The molecule has 96 valence electrons. The van der Waals surface area contributed by atoms with Crippen LogP contribution in [0.25, 0.3) is 0 Å². The van der Waals surface area contributed by atoms with E-state index < -0.39 is 17.9 Å². The summed E-state index contributed by atoms with van der Waals surface area (Å²) in [5, 5.41) is 18.3. The first-order valence-corrected chi connectivity index (χ1v) is 5.97. The molecule has 1 aliphatic carbocycles. The van der Waals surface area contributed by atoms with Gasteiger partial charge in [0, 0.05) is 0 Å². The van der Waals surface area contributed by atoms with Gasteiger partial charge in [-0.3, -0.25) is 4.79 Å². The van der Waals surface area contributed by atoms with Gasteiger partial charge >= 0.3 is 5.97 Å². The van der Waals surface area contributed by atoms with Gasteiger partial charge in [0.15, 0.2) is 10.3 Å². The molecule has 18 heavy (non-hydrogen) atoms. The SMILES string of the molecule is O=C(NC(C(=O)O)C1CC1)c1cc(Cl)nnc1Cl. The number of rotatable bonds is 4. The third kappa shape index (κ3) is 2.88. The van der Waals surface area contributed by atoms with E-state index in [4.69, 9.17) is 28.3 Å². The fourth-order valence-corrected chi connectivity index (χ4v) is 1.87. The number of amides is 1. The number of hydrogen-bond donors (Lipinski definition) is 2. The van der Waals surface area contributed by atoms with Crippen molar-refractivity contribution in [3.8, 4) is 0 Å². The summed E-state index contributed by atoms with van der Waals surface area (Å²) in [7, 11) is 0. The number of carbonyl (C=O) groups excluding carboxylic acids is 1. The summed E-state index contributed by atoms with van der Waals surface area (Å²) in [6.07, 6.45) is 1.58. The number of aromatic nitrogens is 2. The number of nitrogens with zero attached hydrogens (tertiary/aromatic N) is 2. The van der Waals surface area contributed by atoms with Crippen LogP contribution in [0.15, 0.2) is 6.07 Å². The zero-order valence-electron chi connectivity index (χ0n) is 9.06. The summed E-state index contributed by atoms with van der Waals surface area (Å²) in [6.45, 7) is 0. The van der Waals surface area contributed by atoms with Gasteiger partial charge in [-0.15, -0.1) is 10.2 Å². The van der Waals surface area contributed by atoms with E-state index in [0.29, 0.717) is 0 Å². The topological polar surface area (TPSA) is 92.2 Å². The molecule has 1 amide bonds. The molecular weight excluding hydrogens is 281 g/mol. The molecule has 2 N–H and O–H groups in total. The van der Waals surface area contributed by atoms with Crippen LogP contribution in [0.5, 0.6) is 0 Å². The van der Waals surface area contributed by atoms with Crippen LogP contribution in [0, 0.1) is 5.92 Å². The van der Waals surface area contributed by atoms with Crippen molar-refractivity contribution in [2.45, 2.75) is 18.9 Å². The Balaban J connectivity index is 2.15. The van der Waals surface area contributed by atoms with E-state index in [1.54, 1.807) is 0 Å². The van der Waals surface area contributed by atoms with Crippen molar-refractivity contribution in [1.29, 1.82) is 0 Å². The third-order valence-corrected chi connectivity index (χ3v) is 3.07. The normalized spacial score (nSPS) is 16.1. The Morgan fingerprint density at radius 1 is 1.39 bits per heavy atom. The first kappa shape index (κ1) is 13.0. The molecule has 2 rings (SSSR count). The largest absolute Gasteiger partial charge is 0.480 e. The van der Waals surface area contributed by atoms with Crippen molar-refractivity contribution in [1.82, 2.24) is 15.5 Å². The van der Waals surface area contributed by atoms with Crippen molar-refractivity contribution >= 4 is 35.1 Å². The lowest BCUT2D eigenvalue weighted by molar-refractivity contribution is -0.139. The van der Waals surface area contributed by atoms with Gasteiger partial charge in [0.1, 0.15) is 6.04 Å². The summed E-state index contributed by atoms with van der Waals surface area (Å²) in [6, 6.07) is 0.346. The third-order valence-electron chi connectivity index (χ3n) is 2.61. The van der Waals surface area contributed by atoms with Crippen LogP contribution in [-0.2, 0) is 4.79 Å². The molecule has 1 atom stereocenters. The number of carboxylic acid groups (broad SMARTS) is 1. The summed E-state index contributed by atoms with van der Waals surface area (Å²) in [4.78, 5) is 22.9. The molecule has 0 saturated heterocycles. The molecule has 0 spiro atoms. The molecule has 0 aromatic carbocycles. The van der Waals surface area contributed by atoms with Gasteiger partial charge in [-0.25, -0.2) is 4.79 Å². The van der Waals surface area contributed by atoms with E-state index in [2.05, 4.69) is 15.5 Å². The zero-order chi connectivity index (χ0) is 13.3. The molecule has 1 aliphatic rings. The smallest absolute Gasteiger partial charge is 0.326 e. The minimum Gasteiger partial charge on any atom is -0.480 e. The van der Waals surface area contributed by atoms with E-state index in [1.807, 2.05) is 0 Å². The maximum atomic E-state index is 11.9. The molecule has 6 nitrogen and oxygen atoms in total. The van der Waals surface area contributed by atoms with Gasteiger partial charge in [-0.05, 0) is 24.8 Å². The predicted octanol–water partition coefficient (Wildman–Crippen LogP) is 1.38. The lowest BCUT2D eigenvalue weighted by Gasteiger charge is -2.13. The fraction of sp³-hybridized carbons (Fsp3) is 0.400. The number of nitrogens with one attached hydrogen (secondary N) is 1. The average Bonchev–Trinajstić information content (AvgIpc) is 3.12. The molecule has 8 heteroatoms. The Bertz CT molecular complexity index is 505. The van der Waals surface area contributed by atoms with E-state index in [9.17, 15) is 9.59 Å². The van der Waals surface area contributed by atoms with Crippen LogP contribution in [0.1, 0.15) is 23.2 Å². The zero-order valence-corrected chi connectivity index (χ0v) is 10.6. The summed E-state index contributed by atoms with van der Waals surface area (Å²) in [5.41, 5.74) is 0.0172. The summed E-state index contributed by atoms with van der Waals surface area (Å²) >= 11 is 11.3. The highest BCUT2D eigenvalue weighted by Crippen LogP contribution is 2.33. The number of carboxylic acids is 1. The van der Waals surface area contributed by atoms with Gasteiger partial charge in [0.2, 0.25) is 0 Å². The minimum absolute atomic E-state index is 0.0165. The van der Waals surface area contributed by atoms with Crippen LogP contribution < -0.4 is 5.32 Å². The lowest BCUT2D eigenvalue weighted by atomic mass is 10.1. The van der Waals surface area contributed by atoms with Crippen molar-refractivity contribution in [2.24, 2.45) is 5.92 Å². The van der Waals surface area contributed by atoms with Crippen LogP contribution in [0.3, 0.4) is 0 Å². The molecule has 1 fully saturated rings. The van der Waals surface area contributed by atoms with E-state index >= 15 is 0 Å². The van der Waals surface area contributed by atoms with Gasteiger partial charge in [0.05, 0.1) is 5.56 Å². The first-order valence-electron chi connectivity index (χ1n) is 5.21. The average molecular weight is 290 g/mol. The van der Waals surface area contributed by atoms with Crippen molar-refractivity contribution in [3.63, 3.8) is 0 Å². The van der Waals surface area contributed by atoms with E-state index in [-0.39, 0.29) is 21.8 Å². The van der Waals surface area contributed by atoms with Crippen molar-refractivity contribution in [2.75, 3.05) is 0 Å². The second kappa shape index (κ2) is 5.07. The van der Waals surface area contributed by atoms with Crippen LogP contribution in [-0.4, -0.2) is 33.2 Å². The highest BCUT2D eigenvalue weighted by Gasteiger charge is 2.37. The van der Waals surface area contributed by atoms with Crippen LogP contribution in [0.4, 0.5) is 0 Å². The first-order chi connectivity index (χ1) is 8.49. The molecule has 1 heterocycles. The molecule has 1 aromatic rings. The summed E-state index contributed by atoms with van der Waals surface area (Å²) in [5.74, 6) is -1.69. The molecule has 0 bridgehead atoms. The molecular formula is C10H9Cl2N3O3. The van der Waals surface area contributed by atoms with Gasteiger partial charge in [-0.2, -0.15) is 0 Å². The van der Waals surface area contributed by atoms with Crippen LogP contribution >= 0.6 is 23.2 Å². The lowest BCUT2D eigenvalue weighted by Crippen LogP contribution is -2.42.